The molecule has 0 aliphatic carbocycles. The number of nitro benzene ring substituents is 1. The molecule has 23 heavy (non-hydrogen) atoms. The van der Waals surface area contributed by atoms with E-state index in [1.807, 2.05) is 6.92 Å². The summed E-state index contributed by atoms with van der Waals surface area (Å²) in [6.07, 6.45) is 0. The molecule has 0 radical (unpaired) electrons. The van der Waals surface area contributed by atoms with E-state index in [2.05, 4.69) is 15.2 Å². The number of hydrogen-bond donors (Lipinski definition) is 2. The van der Waals surface area contributed by atoms with Gasteiger partial charge in [-0.15, -0.1) is 10.2 Å². The van der Waals surface area contributed by atoms with Gasteiger partial charge in [0.1, 0.15) is 0 Å². The fourth-order valence-electron chi connectivity index (χ4n) is 2.26. The molecule has 0 saturated carbocycles. The summed E-state index contributed by atoms with van der Waals surface area (Å²) in [6.45, 7) is 1.81. The molecule has 3 rings (SSSR count). The summed E-state index contributed by atoms with van der Waals surface area (Å²) in [5, 5.41) is 30.1. The Morgan fingerprint density at radius 1 is 1.22 bits per heavy atom. The van der Waals surface area contributed by atoms with Gasteiger partial charge in [0.2, 0.25) is 5.88 Å². The van der Waals surface area contributed by atoms with E-state index in [4.69, 9.17) is 11.6 Å². The van der Waals surface area contributed by atoms with Gasteiger partial charge in [0, 0.05) is 16.5 Å². The van der Waals surface area contributed by atoms with Crippen LogP contribution in [0.1, 0.15) is 5.56 Å². The standard InChI is InChI=1S/C15H11ClN4O3/c1-8-10(16)7-6-9-13(8)17-15(21)14(9)19-18-11-4-2-3-5-12(11)20(22)23/h2-7,17,21H,1H3. The number of halogens is 1. The average molecular weight is 331 g/mol. The lowest BCUT2D eigenvalue weighted by molar-refractivity contribution is -0.384. The number of aromatic amines is 1. The summed E-state index contributed by atoms with van der Waals surface area (Å²) in [6, 6.07) is 9.39. The molecule has 116 valence electrons. The van der Waals surface area contributed by atoms with Gasteiger partial charge in [0.25, 0.3) is 5.69 Å². The summed E-state index contributed by atoms with van der Waals surface area (Å²) >= 11 is 6.05. The fourth-order valence-corrected chi connectivity index (χ4v) is 2.42. The van der Waals surface area contributed by atoms with Crippen LogP contribution in [0.4, 0.5) is 17.1 Å². The van der Waals surface area contributed by atoms with Crippen molar-refractivity contribution in [3.63, 3.8) is 0 Å². The predicted octanol–water partition coefficient (Wildman–Crippen LogP) is 5.16. The van der Waals surface area contributed by atoms with Crippen molar-refractivity contribution in [1.82, 2.24) is 4.98 Å². The molecule has 0 aliphatic rings. The first-order chi connectivity index (χ1) is 11.0. The van der Waals surface area contributed by atoms with Crippen LogP contribution in [-0.4, -0.2) is 15.0 Å². The second kappa shape index (κ2) is 5.69. The minimum atomic E-state index is -0.534. The number of nitrogens with one attached hydrogen (secondary N) is 1. The number of benzene rings is 2. The van der Waals surface area contributed by atoms with E-state index in [9.17, 15) is 15.2 Å². The molecular weight excluding hydrogens is 320 g/mol. The summed E-state index contributed by atoms with van der Waals surface area (Å²) in [7, 11) is 0. The van der Waals surface area contributed by atoms with Gasteiger partial charge in [-0.3, -0.25) is 10.1 Å². The molecule has 8 heteroatoms. The molecule has 0 aliphatic heterocycles. The van der Waals surface area contributed by atoms with Gasteiger partial charge in [0.15, 0.2) is 11.4 Å². The van der Waals surface area contributed by atoms with Gasteiger partial charge in [-0.2, -0.15) is 0 Å². The zero-order chi connectivity index (χ0) is 16.6. The Morgan fingerprint density at radius 3 is 2.70 bits per heavy atom. The third kappa shape index (κ3) is 2.62. The quantitative estimate of drug-likeness (QED) is 0.393. The zero-order valence-electron chi connectivity index (χ0n) is 11.9. The van der Waals surface area contributed by atoms with Gasteiger partial charge < -0.3 is 10.1 Å². The summed E-state index contributed by atoms with van der Waals surface area (Å²) in [4.78, 5) is 13.2. The van der Waals surface area contributed by atoms with Crippen LogP contribution in [0, 0.1) is 17.0 Å². The van der Waals surface area contributed by atoms with E-state index in [1.54, 1.807) is 24.3 Å². The van der Waals surface area contributed by atoms with E-state index in [0.29, 0.717) is 15.9 Å². The fraction of sp³-hybridized carbons (Fsp3) is 0.0667. The second-order valence-electron chi connectivity index (χ2n) is 4.86. The van der Waals surface area contributed by atoms with Gasteiger partial charge in [-0.1, -0.05) is 23.7 Å². The highest BCUT2D eigenvalue weighted by atomic mass is 35.5. The van der Waals surface area contributed by atoms with Crippen molar-refractivity contribution in [1.29, 1.82) is 0 Å². The van der Waals surface area contributed by atoms with E-state index < -0.39 is 4.92 Å². The van der Waals surface area contributed by atoms with E-state index >= 15 is 0 Å². The first-order valence-corrected chi connectivity index (χ1v) is 7.01. The first kappa shape index (κ1) is 15.0. The number of nitrogens with zero attached hydrogens (tertiary/aromatic N) is 3. The Bertz CT molecular complexity index is 949. The Morgan fingerprint density at radius 2 is 1.96 bits per heavy atom. The molecule has 3 aromatic rings. The largest absolute Gasteiger partial charge is 0.493 e. The molecule has 0 amide bonds. The molecule has 1 aromatic heterocycles. The van der Waals surface area contributed by atoms with Crippen molar-refractivity contribution in [2.24, 2.45) is 10.2 Å². The molecule has 0 atom stereocenters. The van der Waals surface area contributed by atoms with Crippen molar-refractivity contribution in [3.05, 3.63) is 57.1 Å². The summed E-state index contributed by atoms with van der Waals surface area (Å²) in [5.41, 5.74) is 1.57. The highest BCUT2D eigenvalue weighted by Crippen LogP contribution is 2.39. The number of para-hydroxylation sites is 1. The van der Waals surface area contributed by atoms with Gasteiger partial charge >= 0.3 is 0 Å². The number of H-pyrrole nitrogens is 1. The molecule has 2 N–H and O–H groups in total. The Hall–Kier alpha value is -2.93. The van der Waals surface area contributed by atoms with Crippen molar-refractivity contribution >= 4 is 39.6 Å². The number of aromatic hydroxyl groups is 1. The molecule has 2 aromatic carbocycles. The van der Waals surface area contributed by atoms with Crippen LogP contribution in [0.5, 0.6) is 5.88 Å². The number of fused-ring (bicyclic) bond motifs is 1. The predicted molar refractivity (Wildman–Crippen MR) is 87.0 cm³/mol. The van der Waals surface area contributed by atoms with Crippen LogP contribution >= 0.6 is 11.6 Å². The van der Waals surface area contributed by atoms with Crippen LogP contribution in [0.25, 0.3) is 10.9 Å². The summed E-state index contributed by atoms with van der Waals surface area (Å²) in [5.74, 6) is -0.173. The average Bonchev–Trinajstić information content (AvgIpc) is 2.85. The smallest absolute Gasteiger partial charge is 0.296 e. The van der Waals surface area contributed by atoms with E-state index in [0.717, 1.165) is 5.56 Å². The first-order valence-electron chi connectivity index (χ1n) is 6.64. The molecule has 0 saturated heterocycles. The number of aromatic nitrogens is 1. The summed E-state index contributed by atoms with van der Waals surface area (Å²) < 4.78 is 0. The lowest BCUT2D eigenvalue weighted by Gasteiger charge is -1.98. The number of rotatable bonds is 3. The van der Waals surface area contributed by atoms with Crippen LogP contribution in [-0.2, 0) is 0 Å². The monoisotopic (exact) mass is 330 g/mol. The zero-order valence-corrected chi connectivity index (χ0v) is 12.7. The third-order valence-electron chi connectivity index (χ3n) is 3.46. The maximum absolute atomic E-state index is 11.0. The lowest BCUT2D eigenvalue weighted by Crippen LogP contribution is -1.86. The van der Waals surface area contributed by atoms with Crippen molar-refractivity contribution in [3.8, 4) is 5.88 Å². The van der Waals surface area contributed by atoms with Gasteiger partial charge in [-0.05, 0) is 30.7 Å². The minimum Gasteiger partial charge on any atom is -0.493 e. The van der Waals surface area contributed by atoms with Crippen LogP contribution in [0.2, 0.25) is 5.02 Å². The molecule has 1 heterocycles. The SMILES string of the molecule is Cc1c(Cl)ccc2c(N=Nc3ccccc3[N+](=O)[O-])c(O)[nH]c12. The third-order valence-corrected chi connectivity index (χ3v) is 3.87. The number of azo groups is 1. The van der Waals surface area contributed by atoms with Crippen LogP contribution < -0.4 is 0 Å². The topological polar surface area (TPSA) is 104 Å². The van der Waals surface area contributed by atoms with Crippen LogP contribution in [0.3, 0.4) is 0 Å². The van der Waals surface area contributed by atoms with Gasteiger partial charge in [0.05, 0.1) is 10.4 Å². The lowest BCUT2D eigenvalue weighted by atomic mass is 10.1. The van der Waals surface area contributed by atoms with Crippen molar-refractivity contribution in [2.45, 2.75) is 6.92 Å². The Balaban J connectivity index is 2.11. The molecule has 0 bridgehead atoms. The number of nitro groups is 1. The maximum atomic E-state index is 11.0. The molecular formula is C15H11ClN4O3. The van der Waals surface area contributed by atoms with E-state index in [-0.39, 0.29) is 22.9 Å². The highest BCUT2D eigenvalue weighted by molar-refractivity contribution is 6.32. The van der Waals surface area contributed by atoms with Crippen LogP contribution in [0.15, 0.2) is 46.6 Å². The normalized spacial score (nSPS) is 11.4. The highest BCUT2D eigenvalue weighted by Gasteiger charge is 2.15. The Kier molecular flexibility index (Phi) is 3.71. The van der Waals surface area contributed by atoms with Crippen molar-refractivity contribution in [2.75, 3.05) is 0 Å². The number of aryl methyl sites for hydroxylation is 1. The molecule has 0 unspecified atom stereocenters. The maximum Gasteiger partial charge on any atom is 0.296 e. The molecule has 0 fully saturated rings. The minimum absolute atomic E-state index is 0.108. The number of hydrogen-bond acceptors (Lipinski definition) is 5. The Labute approximate surface area is 135 Å². The molecule has 7 nitrogen and oxygen atoms in total. The van der Waals surface area contributed by atoms with Crippen molar-refractivity contribution < 1.29 is 10.0 Å². The second-order valence-corrected chi connectivity index (χ2v) is 5.27. The van der Waals surface area contributed by atoms with E-state index in [1.165, 1.54) is 12.1 Å². The molecule has 0 spiro atoms. The van der Waals surface area contributed by atoms with Gasteiger partial charge in [-0.25, -0.2) is 0 Å².